The molecule has 0 bridgehead atoms. The number of carboxylic acids is 1. The van der Waals surface area contributed by atoms with Crippen LogP contribution in [0, 0.1) is 10.1 Å². The van der Waals surface area contributed by atoms with Crippen molar-refractivity contribution in [2.75, 3.05) is 0 Å². The van der Waals surface area contributed by atoms with E-state index in [4.69, 9.17) is 5.11 Å². The predicted octanol–water partition coefficient (Wildman–Crippen LogP) is 6.03. The van der Waals surface area contributed by atoms with Crippen LogP contribution in [0.3, 0.4) is 0 Å². The summed E-state index contributed by atoms with van der Waals surface area (Å²) in [6, 6.07) is 9.74. The van der Waals surface area contributed by atoms with Gasteiger partial charge in [-0.3, -0.25) is 14.9 Å². The summed E-state index contributed by atoms with van der Waals surface area (Å²) in [6.45, 7) is 0. The van der Waals surface area contributed by atoms with E-state index in [0.717, 1.165) is 19.3 Å². The zero-order valence-corrected chi connectivity index (χ0v) is 16.5. The maximum Gasteiger partial charge on any atom is 0.310 e. The first-order valence-electron chi connectivity index (χ1n) is 10.5. The van der Waals surface area contributed by atoms with Crippen LogP contribution in [0.4, 0.5) is 0 Å². The third kappa shape index (κ3) is 13.0. The van der Waals surface area contributed by atoms with Crippen molar-refractivity contribution in [3.63, 3.8) is 0 Å². The maximum atomic E-state index is 10.8. The summed E-state index contributed by atoms with van der Waals surface area (Å²) in [5.41, 5.74) is 1.44. The fraction of sp³-hybridized carbons (Fsp3) is 0.682. The molecule has 1 N–H and O–H groups in total. The van der Waals surface area contributed by atoms with Crippen molar-refractivity contribution in [2.24, 2.45) is 0 Å². The number of hydrogen-bond donors (Lipinski definition) is 1. The third-order valence-electron chi connectivity index (χ3n) is 5.05. The van der Waals surface area contributed by atoms with E-state index in [-0.39, 0.29) is 6.42 Å². The Balaban J connectivity index is 1.84. The quantitative estimate of drug-likeness (QED) is 0.204. The number of nitrogens with zero attached hydrogens (tertiary/aromatic N) is 1. The molecule has 0 aliphatic heterocycles. The summed E-state index contributed by atoms with van der Waals surface area (Å²) >= 11 is 0. The van der Waals surface area contributed by atoms with Crippen LogP contribution in [0.25, 0.3) is 0 Å². The average Bonchev–Trinajstić information content (AvgIpc) is 2.65. The van der Waals surface area contributed by atoms with E-state index >= 15 is 0 Å². The highest BCUT2D eigenvalue weighted by atomic mass is 16.6. The minimum atomic E-state index is -1.09. The zero-order valence-electron chi connectivity index (χ0n) is 16.5. The van der Waals surface area contributed by atoms with E-state index < -0.39 is 16.9 Å². The van der Waals surface area contributed by atoms with Gasteiger partial charge in [0.15, 0.2) is 0 Å². The molecule has 1 rings (SSSR count). The molecule has 0 heterocycles. The number of carbonyl (C=O) groups is 1. The number of aryl methyl sites for hydroxylation is 1. The molecule has 1 aromatic rings. The van der Waals surface area contributed by atoms with Gasteiger partial charge in [-0.05, 0) is 24.8 Å². The molecule has 0 aliphatic carbocycles. The highest BCUT2D eigenvalue weighted by Gasteiger charge is 2.22. The van der Waals surface area contributed by atoms with Gasteiger partial charge in [0.1, 0.15) is 6.42 Å². The lowest BCUT2D eigenvalue weighted by Crippen LogP contribution is -2.22. The third-order valence-corrected chi connectivity index (χ3v) is 5.05. The van der Waals surface area contributed by atoms with Crippen molar-refractivity contribution >= 4 is 5.97 Å². The van der Waals surface area contributed by atoms with Crippen LogP contribution in [0.1, 0.15) is 89.0 Å². The van der Waals surface area contributed by atoms with Gasteiger partial charge in [-0.1, -0.05) is 88.1 Å². The molecule has 0 aliphatic rings. The largest absolute Gasteiger partial charge is 0.481 e. The Kier molecular flexibility index (Phi) is 13.0. The van der Waals surface area contributed by atoms with Crippen LogP contribution in [-0.4, -0.2) is 22.0 Å². The van der Waals surface area contributed by atoms with Crippen LogP contribution in [0.2, 0.25) is 0 Å². The lowest BCUT2D eigenvalue weighted by molar-refractivity contribution is -0.522. The number of carboxylic acid groups (broad SMARTS) is 1. The first kappa shape index (κ1) is 23.1. The second-order valence-electron chi connectivity index (χ2n) is 7.45. The molecular formula is C22H35NO4. The molecule has 0 aromatic heterocycles. The summed E-state index contributed by atoms with van der Waals surface area (Å²) < 4.78 is 0. The first-order valence-corrected chi connectivity index (χ1v) is 10.5. The lowest BCUT2D eigenvalue weighted by atomic mass is 10.0. The van der Waals surface area contributed by atoms with Gasteiger partial charge >= 0.3 is 5.97 Å². The summed E-state index contributed by atoms with van der Waals surface area (Å²) in [7, 11) is 0. The smallest absolute Gasteiger partial charge is 0.310 e. The number of hydrogen-bond acceptors (Lipinski definition) is 3. The van der Waals surface area contributed by atoms with Gasteiger partial charge in [0, 0.05) is 11.3 Å². The molecule has 0 radical (unpaired) electrons. The molecule has 0 saturated carbocycles. The number of rotatable bonds is 17. The number of unbranched alkanes of at least 4 members (excludes halogenated alkanes) is 10. The molecular weight excluding hydrogens is 342 g/mol. The van der Waals surface area contributed by atoms with Crippen molar-refractivity contribution in [2.45, 2.75) is 95.9 Å². The van der Waals surface area contributed by atoms with Crippen LogP contribution in [0.5, 0.6) is 0 Å². The first-order chi connectivity index (χ1) is 13.1. The van der Waals surface area contributed by atoms with E-state index in [1.54, 1.807) is 0 Å². The van der Waals surface area contributed by atoms with Crippen molar-refractivity contribution < 1.29 is 14.8 Å². The van der Waals surface area contributed by atoms with Gasteiger partial charge < -0.3 is 5.11 Å². The van der Waals surface area contributed by atoms with Crippen LogP contribution >= 0.6 is 0 Å². The standard InChI is InChI=1S/C22H35NO4/c24-22(25)19-21(23(26)27)18-14-9-7-5-3-1-2-4-6-8-11-15-20-16-12-10-13-17-20/h10,12-13,16-17,21H,1-9,11,14-15,18-19H2,(H,24,25). The van der Waals surface area contributed by atoms with Crippen molar-refractivity contribution in [1.82, 2.24) is 0 Å². The topological polar surface area (TPSA) is 80.4 Å². The summed E-state index contributed by atoms with van der Waals surface area (Å²) in [5, 5.41) is 19.5. The van der Waals surface area contributed by atoms with Crippen LogP contribution in [0.15, 0.2) is 30.3 Å². The van der Waals surface area contributed by atoms with Crippen molar-refractivity contribution in [3.8, 4) is 0 Å². The normalized spacial score (nSPS) is 12.0. The molecule has 27 heavy (non-hydrogen) atoms. The molecule has 5 heteroatoms. The summed E-state index contributed by atoms with van der Waals surface area (Å²) in [4.78, 5) is 20.9. The Labute approximate surface area is 163 Å². The highest BCUT2D eigenvalue weighted by molar-refractivity contribution is 5.67. The fourth-order valence-corrected chi connectivity index (χ4v) is 3.43. The van der Waals surface area contributed by atoms with Gasteiger partial charge in [-0.2, -0.15) is 0 Å². The Bertz CT molecular complexity index is 518. The van der Waals surface area contributed by atoms with Crippen LogP contribution in [-0.2, 0) is 11.2 Å². The monoisotopic (exact) mass is 377 g/mol. The van der Waals surface area contributed by atoms with Crippen LogP contribution < -0.4 is 0 Å². The number of benzene rings is 1. The maximum absolute atomic E-state index is 10.8. The van der Waals surface area contributed by atoms with E-state index in [9.17, 15) is 14.9 Å². The van der Waals surface area contributed by atoms with Gasteiger partial charge in [-0.15, -0.1) is 0 Å². The molecule has 1 unspecified atom stereocenters. The van der Waals surface area contributed by atoms with Crippen molar-refractivity contribution in [1.29, 1.82) is 0 Å². The van der Waals surface area contributed by atoms with E-state index in [2.05, 4.69) is 30.3 Å². The second-order valence-corrected chi connectivity index (χ2v) is 7.45. The Morgan fingerprint density at radius 1 is 0.852 bits per heavy atom. The van der Waals surface area contributed by atoms with E-state index in [1.807, 2.05) is 0 Å². The van der Waals surface area contributed by atoms with E-state index in [1.165, 1.54) is 63.4 Å². The van der Waals surface area contributed by atoms with Gasteiger partial charge in [-0.25, -0.2) is 0 Å². The molecule has 1 atom stereocenters. The highest BCUT2D eigenvalue weighted by Crippen LogP contribution is 2.15. The Morgan fingerprint density at radius 3 is 1.81 bits per heavy atom. The van der Waals surface area contributed by atoms with E-state index in [0.29, 0.717) is 6.42 Å². The minimum absolute atomic E-state index is 0.363. The predicted molar refractivity (Wildman–Crippen MR) is 109 cm³/mol. The number of nitro groups is 1. The molecule has 0 amide bonds. The Morgan fingerprint density at radius 2 is 1.33 bits per heavy atom. The molecule has 0 fully saturated rings. The molecule has 0 spiro atoms. The van der Waals surface area contributed by atoms with Gasteiger partial charge in [0.05, 0.1) is 0 Å². The molecule has 0 saturated heterocycles. The summed E-state index contributed by atoms with van der Waals surface area (Å²) in [6.07, 6.45) is 14.2. The van der Waals surface area contributed by atoms with Gasteiger partial charge in [0.2, 0.25) is 6.04 Å². The second kappa shape index (κ2) is 15.2. The summed E-state index contributed by atoms with van der Waals surface area (Å²) in [5.74, 6) is -1.09. The lowest BCUT2D eigenvalue weighted by Gasteiger charge is -2.07. The molecule has 152 valence electrons. The SMILES string of the molecule is O=C(O)CC(CCCCCCCCCCCCCc1ccccc1)[N+](=O)[O-]. The van der Waals surface area contributed by atoms with Gasteiger partial charge in [0.25, 0.3) is 0 Å². The van der Waals surface area contributed by atoms with Crippen molar-refractivity contribution in [3.05, 3.63) is 46.0 Å². The molecule has 1 aromatic carbocycles. The molecule has 5 nitrogen and oxygen atoms in total. The number of aliphatic carboxylic acids is 1. The fourth-order valence-electron chi connectivity index (χ4n) is 3.43. The average molecular weight is 378 g/mol. The Hall–Kier alpha value is -1.91. The minimum Gasteiger partial charge on any atom is -0.481 e. The zero-order chi connectivity index (χ0) is 19.7.